The van der Waals surface area contributed by atoms with Crippen LogP contribution in [0.5, 0.6) is 0 Å². The van der Waals surface area contributed by atoms with Gasteiger partial charge >= 0.3 is 18.1 Å². The van der Waals surface area contributed by atoms with Crippen molar-refractivity contribution in [2.45, 2.75) is 26.3 Å². The minimum atomic E-state index is -4.66. The van der Waals surface area contributed by atoms with E-state index in [9.17, 15) is 27.6 Å². The van der Waals surface area contributed by atoms with Crippen molar-refractivity contribution in [3.63, 3.8) is 0 Å². The van der Waals surface area contributed by atoms with Crippen LogP contribution in [-0.2, 0) is 33.6 Å². The van der Waals surface area contributed by atoms with Crippen LogP contribution in [0.3, 0.4) is 0 Å². The number of alkyl halides is 3. The van der Waals surface area contributed by atoms with Crippen LogP contribution in [0.25, 0.3) is 11.0 Å². The molecule has 0 saturated carbocycles. The van der Waals surface area contributed by atoms with E-state index < -0.39 is 42.4 Å². The summed E-state index contributed by atoms with van der Waals surface area (Å²) in [6, 6.07) is 8.01. The molecule has 0 unspecified atom stereocenters. The molecular formula is C20H16F3NO6. The lowest BCUT2D eigenvalue weighted by atomic mass is 10.1. The number of nitrogens with zero attached hydrogens (tertiary/aromatic N) is 1. The second-order valence-electron chi connectivity index (χ2n) is 6.17. The van der Waals surface area contributed by atoms with E-state index in [1.807, 2.05) is 0 Å². The number of hydrogen-bond donors (Lipinski definition) is 0. The van der Waals surface area contributed by atoms with Gasteiger partial charge in [-0.15, -0.1) is 0 Å². The third-order valence-electron chi connectivity index (χ3n) is 4.15. The van der Waals surface area contributed by atoms with E-state index in [1.165, 1.54) is 0 Å². The van der Waals surface area contributed by atoms with Crippen LogP contribution in [0.1, 0.15) is 28.6 Å². The molecule has 0 aliphatic heterocycles. The molecule has 1 aromatic carbocycles. The number of pyridine rings is 1. The van der Waals surface area contributed by atoms with Crippen molar-refractivity contribution < 1.29 is 36.7 Å². The number of furan rings is 1. The first kappa shape index (κ1) is 21.2. The van der Waals surface area contributed by atoms with Crippen LogP contribution >= 0.6 is 0 Å². The number of carbonyl (C=O) groups excluding carboxylic acids is 2. The molecule has 2 heterocycles. The van der Waals surface area contributed by atoms with Crippen molar-refractivity contribution in [3.8, 4) is 0 Å². The summed E-state index contributed by atoms with van der Waals surface area (Å²) in [5, 5.41) is 0.518. The van der Waals surface area contributed by atoms with Crippen LogP contribution in [0, 0.1) is 0 Å². The van der Waals surface area contributed by atoms with E-state index in [-0.39, 0.29) is 17.9 Å². The van der Waals surface area contributed by atoms with Crippen molar-refractivity contribution in [2.75, 3.05) is 6.61 Å². The fraction of sp³-hybridized carbons (Fsp3) is 0.250. The molecule has 0 aliphatic carbocycles. The number of para-hydroxylation sites is 1. The first-order valence-electron chi connectivity index (χ1n) is 8.81. The quantitative estimate of drug-likeness (QED) is 0.564. The van der Waals surface area contributed by atoms with Gasteiger partial charge in [0.05, 0.1) is 17.7 Å². The van der Waals surface area contributed by atoms with Crippen molar-refractivity contribution in [1.29, 1.82) is 0 Å². The minimum absolute atomic E-state index is 0.105. The number of carbonyl (C=O) groups is 2. The predicted octanol–water partition coefficient (Wildman–Crippen LogP) is 3.53. The highest BCUT2D eigenvalue weighted by Crippen LogP contribution is 2.29. The minimum Gasteiger partial charge on any atom is -0.460 e. The number of fused-ring (bicyclic) bond motifs is 1. The molecule has 0 aliphatic rings. The summed E-state index contributed by atoms with van der Waals surface area (Å²) >= 11 is 0. The highest BCUT2D eigenvalue weighted by molar-refractivity contribution is 5.96. The third-order valence-corrected chi connectivity index (χ3v) is 4.15. The Morgan fingerprint density at radius 2 is 1.83 bits per heavy atom. The summed E-state index contributed by atoms with van der Waals surface area (Å²) in [6.45, 7) is 0.603. The number of hydrogen-bond acceptors (Lipinski definition) is 6. The fourth-order valence-corrected chi connectivity index (χ4v) is 2.76. The molecule has 0 bridgehead atoms. The number of esters is 2. The molecule has 0 fully saturated rings. The van der Waals surface area contributed by atoms with Gasteiger partial charge in [-0.3, -0.25) is 9.59 Å². The smallest absolute Gasteiger partial charge is 0.417 e. The first-order valence-corrected chi connectivity index (χ1v) is 8.81. The summed E-state index contributed by atoms with van der Waals surface area (Å²) in [5.41, 5.74) is -1.23. The Balaban J connectivity index is 1.80. The van der Waals surface area contributed by atoms with E-state index in [0.717, 1.165) is 6.07 Å². The molecule has 0 amide bonds. The van der Waals surface area contributed by atoms with Gasteiger partial charge in [0.1, 0.15) is 18.7 Å². The second-order valence-corrected chi connectivity index (χ2v) is 6.17. The van der Waals surface area contributed by atoms with Crippen LogP contribution < -0.4 is 5.56 Å². The lowest BCUT2D eigenvalue weighted by Gasteiger charge is -2.10. The molecule has 0 N–H and O–H groups in total. The fourth-order valence-electron chi connectivity index (χ4n) is 2.76. The Kier molecular flexibility index (Phi) is 5.95. The third kappa shape index (κ3) is 4.53. The Hall–Kier alpha value is -3.56. The van der Waals surface area contributed by atoms with Crippen molar-refractivity contribution in [1.82, 2.24) is 4.57 Å². The second kappa shape index (κ2) is 8.44. The zero-order chi connectivity index (χ0) is 21.9. The normalized spacial score (nSPS) is 11.5. The van der Waals surface area contributed by atoms with Gasteiger partial charge in [0, 0.05) is 17.6 Å². The molecule has 0 atom stereocenters. The zero-order valence-corrected chi connectivity index (χ0v) is 15.7. The SMILES string of the molecule is CCOC(=O)c1oc2ccccc2c1COC(=O)Cn1cc(C(F)(F)F)ccc1=O. The maximum Gasteiger partial charge on any atom is 0.417 e. The van der Waals surface area contributed by atoms with Crippen LogP contribution in [0.15, 0.2) is 51.8 Å². The Labute approximate surface area is 167 Å². The Morgan fingerprint density at radius 1 is 1.10 bits per heavy atom. The summed E-state index contributed by atoms with van der Waals surface area (Å²) in [6.07, 6.45) is -4.12. The summed E-state index contributed by atoms with van der Waals surface area (Å²) in [5.74, 6) is -1.84. The summed E-state index contributed by atoms with van der Waals surface area (Å²) in [4.78, 5) is 36.1. The molecule has 0 radical (unpaired) electrons. The van der Waals surface area contributed by atoms with E-state index in [0.29, 0.717) is 27.8 Å². The Morgan fingerprint density at radius 3 is 2.53 bits per heavy atom. The maximum absolute atomic E-state index is 12.8. The van der Waals surface area contributed by atoms with Gasteiger partial charge in [0.25, 0.3) is 5.56 Å². The molecule has 3 rings (SSSR count). The van der Waals surface area contributed by atoms with Crippen molar-refractivity contribution in [3.05, 3.63) is 69.8 Å². The lowest BCUT2D eigenvalue weighted by Crippen LogP contribution is -2.26. The van der Waals surface area contributed by atoms with E-state index in [2.05, 4.69) is 0 Å². The summed E-state index contributed by atoms with van der Waals surface area (Å²) in [7, 11) is 0. The van der Waals surface area contributed by atoms with E-state index in [4.69, 9.17) is 13.9 Å². The number of halogens is 3. The monoisotopic (exact) mass is 423 g/mol. The largest absolute Gasteiger partial charge is 0.460 e. The molecular weight excluding hydrogens is 407 g/mol. The maximum atomic E-state index is 12.8. The van der Waals surface area contributed by atoms with Gasteiger partial charge in [-0.05, 0) is 19.1 Å². The number of rotatable bonds is 6. The molecule has 2 aromatic heterocycles. The topological polar surface area (TPSA) is 87.7 Å². The summed E-state index contributed by atoms with van der Waals surface area (Å²) < 4.78 is 54.6. The highest BCUT2D eigenvalue weighted by atomic mass is 19.4. The molecule has 7 nitrogen and oxygen atoms in total. The van der Waals surface area contributed by atoms with E-state index >= 15 is 0 Å². The molecule has 10 heteroatoms. The van der Waals surface area contributed by atoms with Gasteiger partial charge in [-0.2, -0.15) is 13.2 Å². The number of benzene rings is 1. The van der Waals surface area contributed by atoms with Crippen LogP contribution in [-0.4, -0.2) is 23.1 Å². The van der Waals surface area contributed by atoms with Gasteiger partial charge in [0.15, 0.2) is 0 Å². The zero-order valence-electron chi connectivity index (χ0n) is 15.7. The van der Waals surface area contributed by atoms with Gasteiger partial charge in [0.2, 0.25) is 5.76 Å². The van der Waals surface area contributed by atoms with Crippen LogP contribution in [0.4, 0.5) is 13.2 Å². The Bertz CT molecular complexity index is 1150. The average Bonchev–Trinajstić information content (AvgIpc) is 3.06. The van der Waals surface area contributed by atoms with E-state index in [1.54, 1.807) is 31.2 Å². The molecule has 0 saturated heterocycles. The molecule has 3 aromatic rings. The predicted molar refractivity (Wildman–Crippen MR) is 97.7 cm³/mol. The molecule has 30 heavy (non-hydrogen) atoms. The lowest BCUT2D eigenvalue weighted by molar-refractivity contribution is -0.146. The van der Waals surface area contributed by atoms with Gasteiger partial charge in [-0.25, -0.2) is 4.79 Å². The molecule has 158 valence electrons. The first-order chi connectivity index (χ1) is 14.2. The van der Waals surface area contributed by atoms with Crippen LogP contribution in [0.2, 0.25) is 0 Å². The standard InChI is InChI=1S/C20H16F3NO6/c1-2-28-19(27)18-14(13-5-3-4-6-15(13)30-18)11-29-17(26)10-24-9-12(20(21,22)23)7-8-16(24)25/h3-9H,2,10-11H2,1H3. The molecule has 0 spiro atoms. The number of ether oxygens (including phenoxy) is 2. The highest BCUT2D eigenvalue weighted by Gasteiger charge is 2.31. The van der Waals surface area contributed by atoms with Gasteiger partial charge in [-0.1, -0.05) is 18.2 Å². The average molecular weight is 423 g/mol. The van der Waals surface area contributed by atoms with Crippen molar-refractivity contribution >= 4 is 22.9 Å². The van der Waals surface area contributed by atoms with Gasteiger partial charge < -0.3 is 18.5 Å². The van der Waals surface area contributed by atoms with Crippen molar-refractivity contribution in [2.24, 2.45) is 0 Å². The number of aromatic nitrogens is 1.